The number of benzene rings is 1. The van der Waals surface area contributed by atoms with Gasteiger partial charge in [0.2, 0.25) is 5.91 Å². The van der Waals surface area contributed by atoms with Gasteiger partial charge in [-0.3, -0.25) is 24.5 Å². The van der Waals surface area contributed by atoms with E-state index in [0.717, 1.165) is 24.2 Å². The van der Waals surface area contributed by atoms with E-state index in [1.54, 1.807) is 12.1 Å². The number of imide groups is 2. The van der Waals surface area contributed by atoms with Gasteiger partial charge in [-0.25, -0.2) is 4.90 Å². The standard InChI is InChI=1S/C17H18N2O4/c1-2-3-4-8-14(20)18-17(23)12-6-5-7-13(11-12)19-15(21)9-10-16(19)22/h5-7,9-11H,2-4,8H2,1H3,(H,18,20,23). The van der Waals surface area contributed by atoms with E-state index in [0.29, 0.717) is 12.1 Å². The first kappa shape index (κ1) is 16.6. The summed E-state index contributed by atoms with van der Waals surface area (Å²) in [4.78, 5) is 48.0. The van der Waals surface area contributed by atoms with Crippen LogP contribution in [0.4, 0.5) is 5.69 Å². The fourth-order valence-electron chi connectivity index (χ4n) is 2.24. The van der Waals surface area contributed by atoms with Crippen molar-refractivity contribution in [2.24, 2.45) is 0 Å². The van der Waals surface area contributed by atoms with Crippen LogP contribution in [0.1, 0.15) is 43.0 Å². The molecule has 23 heavy (non-hydrogen) atoms. The Morgan fingerprint density at radius 3 is 2.43 bits per heavy atom. The summed E-state index contributed by atoms with van der Waals surface area (Å²) in [5.74, 6) is -1.78. The van der Waals surface area contributed by atoms with E-state index in [2.05, 4.69) is 5.32 Å². The average Bonchev–Trinajstić information content (AvgIpc) is 2.86. The van der Waals surface area contributed by atoms with Gasteiger partial charge >= 0.3 is 0 Å². The molecular weight excluding hydrogens is 296 g/mol. The second-order valence-electron chi connectivity index (χ2n) is 5.23. The number of anilines is 1. The molecule has 0 saturated heterocycles. The van der Waals surface area contributed by atoms with Crippen LogP contribution in [-0.2, 0) is 14.4 Å². The lowest BCUT2D eigenvalue weighted by Gasteiger charge is -2.14. The van der Waals surface area contributed by atoms with Crippen molar-refractivity contribution in [2.75, 3.05) is 4.90 Å². The topological polar surface area (TPSA) is 83.6 Å². The number of rotatable bonds is 6. The van der Waals surface area contributed by atoms with Gasteiger partial charge in [0.25, 0.3) is 17.7 Å². The minimum atomic E-state index is -0.541. The molecule has 6 heteroatoms. The highest BCUT2D eigenvalue weighted by Crippen LogP contribution is 2.20. The molecule has 4 amide bonds. The Labute approximate surface area is 134 Å². The summed E-state index contributed by atoms with van der Waals surface area (Å²) in [6.07, 6.45) is 5.31. The minimum absolute atomic E-state index is 0.221. The van der Waals surface area contributed by atoms with Gasteiger partial charge in [-0.2, -0.15) is 0 Å². The van der Waals surface area contributed by atoms with E-state index < -0.39 is 17.7 Å². The van der Waals surface area contributed by atoms with Gasteiger partial charge in [-0.15, -0.1) is 0 Å². The van der Waals surface area contributed by atoms with Crippen molar-refractivity contribution >= 4 is 29.3 Å². The van der Waals surface area contributed by atoms with E-state index in [9.17, 15) is 19.2 Å². The van der Waals surface area contributed by atoms with Gasteiger partial charge in [0, 0.05) is 24.1 Å². The van der Waals surface area contributed by atoms with Crippen molar-refractivity contribution in [1.29, 1.82) is 0 Å². The Balaban J connectivity index is 2.05. The van der Waals surface area contributed by atoms with Gasteiger partial charge in [0.1, 0.15) is 0 Å². The first-order valence-corrected chi connectivity index (χ1v) is 7.53. The van der Waals surface area contributed by atoms with Crippen LogP contribution in [0, 0.1) is 0 Å². The van der Waals surface area contributed by atoms with Crippen LogP contribution in [0.3, 0.4) is 0 Å². The quantitative estimate of drug-likeness (QED) is 0.642. The number of carbonyl (C=O) groups excluding carboxylic acids is 4. The lowest BCUT2D eigenvalue weighted by atomic mass is 10.1. The lowest BCUT2D eigenvalue weighted by Crippen LogP contribution is -2.32. The van der Waals surface area contributed by atoms with Crippen LogP contribution in [0.5, 0.6) is 0 Å². The minimum Gasteiger partial charge on any atom is -0.292 e. The first-order chi connectivity index (χ1) is 11.0. The van der Waals surface area contributed by atoms with Crippen molar-refractivity contribution in [2.45, 2.75) is 32.6 Å². The highest BCUT2D eigenvalue weighted by atomic mass is 16.2. The smallest absolute Gasteiger partial charge is 0.258 e. The summed E-state index contributed by atoms with van der Waals surface area (Å²) in [5, 5.41) is 2.31. The molecule has 0 spiro atoms. The molecular formula is C17H18N2O4. The Bertz CT molecular complexity index is 661. The molecule has 2 rings (SSSR count). The summed E-state index contributed by atoms with van der Waals surface area (Å²) >= 11 is 0. The fraction of sp³-hybridized carbons (Fsp3) is 0.294. The maximum absolute atomic E-state index is 12.1. The zero-order valence-electron chi connectivity index (χ0n) is 12.9. The molecule has 0 saturated carbocycles. The van der Waals surface area contributed by atoms with Gasteiger partial charge in [0.15, 0.2) is 0 Å². The molecule has 0 radical (unpaired) electrons. The summed E-state index contributed by atoms with van der Waals surface area (Å²) < 4.78 is 0. The summed E-state index contributed by atoms with van der Waals surface area (Å²) in [7, 11) is 0. The van der Waals surface area contributed by atoms with Crippen LogP contribution in [0.2, 0.25) is 0 Å². The molecule has 6 nitrogen and oxygen atoms in total. The van der Waals surface area contributed by atoms with Crippen LogP contribution in [-0.4, -0.2) is 23.6 Å². The molecule has 1 aromatic rings. The third-order valence-electron chi connectivity index (χ3n) is 3.44. The van der Waals surface area contributed by atoms with Gasteiger partial charge in [-0.1, -0.05) is 25.8 Å². The fourth-order valence-corrected chi connectivity index (χ4v) is 2.24. The van der Waals surface area contributed by atoms with Crippen LogP contribution >= 0.6 is 0 Å². The number of unbranched alkanes of at least 4 members (excludes halogenated alkanes) is 2. The third-order valence-corrected chi connectivity index (χ3v) is 3.44. The molecule has 0 bridgehead atoms. The Kier molecular flexibility index (Phi) is 5.41. The van der Waals surface area contributed by atoms with Crippen molar-refractivity contribution in [3.8, 4) is 0 Å². The number of carbonyl (C=O) groups is 4. The van der Waals surface area contributed by atoms with E-state index in [1.165, 1.54) is 24.3 Å². The normalized spacial score (nSPS) is 13.5. The zero-order valence-corrected chi connectivity index (χ0v) is 12.9. The predicted molar refractivity (Wildman–Crippen MR) is 84.7 cm³/mol. The highest BCUT2D eigenvalue weighted by molar-refractivity contribution is 6.28. The highest BCUT2D eigenvalue weighted by Gasteiger charge is 2.25. The number of hydrogen-bond donors (Lipinski definition) is 1. The summed E-state index contributed by atoms with van der Waals surface area (Å²) in [6.45, 7) is 2.03. The third kappa shape index (κ3) is 4.12. The Morgan fingerprint density at radius 1 is 1.09 bits per heavy atom. The largest absolute Gasteiger partial charge is 0.292 e. The molecule has 0 unspecified atom stereocenters. The lowest BCUT2D eigenvalue weighted by molar-refractivity contribution is -0.121. The SMILES string of the molecule is CCCCCC(=O)NC(=O)c1cccc(N2C(=O)C=CC2=O)c1. The van der Waals surface area contributed by atoms with E-state index in [-0.39, 0.29) is 11.5 Å². The van der Waals surface area contributed by atoms with Crippen molar-refractivity contribution in [1.82, 2.24) is 5.32 Å². The van der Waals surface area contributed by atoms with E-state index in [4.69, 9.17) is 0 Å². The Hall–Kier alpha value is -2.76. The number of amides is 4. The maximum Gasteiger partial charge on any atom is 0.258 e. The summed E-state index contributed by atoms with van der Waals surface area (Å²) in [6, 6.07) is 6.06. The van der Waals surface area contributed by atoms with Crippen LogP contribution < -0.4 is 10.2 Å². The molecule has 0 fully saturated rings. The average molecular weight is 314 g/mol. The number of hydrogen-bond acceptors (Lipinski definition) is 4. The molecule has 0 atom stereocenters. The molecule has 1 aromatic carbocycles. The maximum atomic E-state index is 12.1. The van der Waals surface area contributed by atoms with Gasteiger partial charge in [0.05, 0.1) is 5.69 Å². The second kappa shape index (κ2) is 7.49. The molecule has 120 valence electrons. The first-order valence-electron chi connectivity index (χ1n) is 7.53. The number of nitrogens with one attached hydrogen (secondary N) is 1. The predicted octanol–water partition coefficient (Wildman–Crippen LogP) is 1.95. The molecule has 0 aliphatic carbocycles. The van der Waals surface area contributed by atoms with Gasteiger partial charge in [-0.05, 0) is 24.6 Å². The van der Waals surface area contributed by atoms with Crippen molar-refractivity contribution < 1.29 is 19.2 Å². The second-order valence-corrected chi connectivity index (χ2v) is 5.23. The Morgan fingerprint density at radius 2 is 1.78 bits per heavy atom. The summed E-state index contributed by atoms with van der Waals surface area (Å²) in [5.41, 5.74) is 0.523. The van der Waals surface area contributed by atoms with E-state index >= 15 is 0 Å². The van der Waals surface area contributed by atoms with Gasteiger partial charge < -0.3 is 0 Å². The molecule has 0 aromatic heterocycles. The van der Waals surface area contributed by atoms with E-state index in [1.807, 2.05) is 6.92 Å². The monoisotopic (exact) mass is 314 g/mol. The van der Waals surface area contributed by atoms with Crippen LogP contribution in [0.15, 0.2) is 36.4 Å². The van der Waals surface area contributed by atoms with Crippen LogP contribution in [0.25, 0.3) is 0 Å². The number of nitrogens with zero attached hydrogens (tertiary/aromatic N) is 1. The molecule has 1 N–H and O–H groups in total. The molecule has 1 aliphatic heterocycles. The molecule has 1 heterocycles. The zero-order chi connectivity index (χ0) is 16.8. The molecule has 1 aliphatic rings. The van der Waals surface area contributed by atoms with Crippen molar-refractivity contribution in [3.63, 3.8) is 0 Å². The van der Waals surface area contributed by atoms with Crippen molar-refractivity contribution in [3.05, 3.63) is 42.0 Å².